The fourth-order valence-electron chi connectivity index (χ4n) is 3.43. The van der Waals surface area contributed by atoms with Gasteiger partial charge in [-0.3, -0.25) is 4.79 Å². The molecule has 1 aromatic heterocycles. The van der Waals surface area contributed by atoms with Gasteiger partial charge in [-0.25, -0.2) is 4.98 Å². The van der Waals surface area contributed by atoms with Crippen LogP contribution in [0.3, 0.4) is 0 Å². The van der Waals surface area contributed by atoms with Crippen LogP contribution in [0.25, 0.3) is 11.0 Å². The van der Waals surface area contributed by atoms with E-state index in [-0.39, 0.29) is 19.1 Å². The third-order valence-corrected chi connectivity index (χ3v) is 5.47. The quantitative estimate of drug-likeness (QED) is 0.379. The maximum Gasteiger partial charge on any atom is 0.244 e. The summed E-state index contributed by atoms with van der Waals surface area (Å²) in [6.45, 7) is 4.27. The lowest BCUT2D eigenvalue weighted by Crippen LogP contribution is -2.21. The monoisotopic (exact) mass is 453 g/mol. The number of carbonyl (C=O) groups excluding carboxylic acids is 1. The number of nitrogens with one attached hydrogen (secondary N) is 1. The number of aryl methyl sites for hydroxylation is 2. The Morgan fingerprint density at radius 2 is 1.87 bits per heavy atom. The predicted molar refractivity (Wildman–Crippen MR) is 125 cm³/mol. The number of imidazole rings is 1. The lowest BCUT2D eigenvalue weighted by atomic mass is 10.1. The summed E-state index contributed by atoms with van der Waals surface area (Å²) in [4.78, 5) is 17.5. The number of carbonyl (C=O) groups is 1. The molecule has 0 aliphatic rings. The topological polar surface area (TPSA) is 56.2 Å². The average Bonchev–Trinajstić information content (AvgIpc) is 3.07. The molecule has 0 bridgehead atoms. The molecule has 4 aromatic rings. The molecule has 0 aliphatic carbocycles. The number of fused-ring (bicyclic) bond motifs is 1. The van der Waals surface area contributed by atoms with Crippen molar-refractivity contribution in [2.45, 2.75) is 27.0 Å². The summed E-state index contributed by atoms with van der Waals surface area (Å²) in [5, 5.41) is 3.95. The smallest absolute Gasteiger partial charge is 0.244 e. The fraction of sp³-hybridized carbons (Fsp3) is 0.167. The first-order valence-corrected chi connectivity index (χ1v) is 10.6. The zero-order chi connectivity index (χ0) is 22.0. The second-order valence-electron chi connectivity index (χ2n) is 7.33. The first-order valence-electron chi connectivity index (χ1n) is 9.80. The minimum Gasteiger partial charge on any atom is -0.484 e. The maximum absolute atomic E-state index is 12.8. The number of para-hydroxylation sites is 2. The van der Waals surface area contributed by atoms with Crippen LogP contribution in [-0.2, 0) is 17.9 Å². The second kappa shape index (κ2) is 9.00. The van der Waals surface area contributed by atoms with E-state index < -0.39 is 0 Å². The summed E-state index contributed by atoms with van der Waals surface area (Å²) in [6, 6.07) is 18.7. The molecule has 0 saturated heterocycles. The highest BCUT2D eigenvalue weighted by Crippen LogP contribution is 2.28. The largest absolute Gasteiger partial charge is 0.484 e. The molecule has 3 aromatic carbocycles. The number of benzene rings is 3. The van der Waals surface area contributed by atoms with E-state index in [1.165, 1.54) is 0 Å². The number of hydrogen-bond donors (Lipinski definition) is 1. The molecule has 4 rings (SSSR count). The van der Waals surface area contributed by atoms with Crippen molar-refractivity contribution in [3.8, 4) is 5.75 Å². The zero-order valence-electron chi connectivity index (χ0n) is 17.2. The Labute approximate surface area is 190 Å². The summed E-state index contributed by atoms with van der Waals surface area (Å²) in [6.07, 6.45) is 0. The predicted octanol–water partition coefficient (Wildman–Crippen LogP) is 6.18. The van der Waals surface area contributed by atoms with Crippen molar-refractivity contribution in [3.63, 3.8) is 0 Å². The van der Waals surface area contributed by atoms with Crippen molar-refractivity contribution in [2.24, 2.45) is 0 Å². The number of aromatic nitrogens is 2. The molecule has 0 atom stereocenters. The Morgan fingerprint density at radius 3 is 2.65 bits per heavy atom. The van der Waals surface area contributed by atoms with E-state index >= 15 is 0 Å². The molecular formula is C24H21Cl2N3O2. The van der Waals surface area contributed by atoms with Gasteiger partial charge in [0.25, 0.3) is 0 Å². The summed E-state index contributed by atoms with van der Waals surface area (Å²) in [5.74, 6) is 0.994. The van der Waals surface area contributed by atoms with Crippen LogP contribution in [0.2, 0.25) is 10.0 Å². The van der Waals surface area contributed by atoms with E-state index in [2.05, 4.69) is 10.3 Å². The third-order valence-electron chi connectivity index (χ3n) is 4.94. The van der Waals surface area contributed by atoms with Gasteiger partial charge < -0.3 is 14.6 Å². The normalized spacial score (nSPS) is 11.0. The van der Waals surface area contributed by atoms with Gasteiger partial charge in [-0.2, -0.15) is 0 Å². The number of amides is 1. The van der Waals surface area contributed by atoms with Crippen LogP contribution in [0.5, 0.6) is 5.75 Å². The van der Waals surface area contributed by atoms with Crippen molar-refractivity contribution >= 4 is 45.8 Å². The SMILES string of the molecule is Cc1ccc(NC(=O)Cn2c(COc3ccc(Cl)cc3Cl)nc3ccccc32)c(C)c1. The van der Waals surface area contributed by atoms with Gasteiger partial charge in [0, 0.05) is 10.7 Å². The molecule has 0 unspecified atom stereocenters. The first kappa shape index (κ1) is 21.2. The fourth-order valence-corrected chi connectivity index (χ4v) is 3.90. The van der Waals surface area contributed by atoms with Crippen molar-refractivity contribution in [3.05, 3.63) is 87.7 Å². The van der Waals surface area contributed by atoms with E-state index in [0.717, 1.165) is 27.8 Å². The number of halogens is 2. The Hall–Kier alpha value is -3.02. The molecule has 0 saturated carbocycles. The molecular weight excluding hydrogens is 433 g/mol. The Kier molecular flexibility index (Phi) is 6.16. The van der Waals surface area contributed by atoms with Gasteiger partial charge in [-0.15, -0.1) is 0 Å². The highest BCUT2D eigenvalue weighted by Gasteiger charge is 2.15. The van der Waals surface area contributed by atoms with Crippen LogP contribution in [0.1, 0.15) is 17.0 Å². The van der Waals surface area contributed by atoms with Gasteiger partial charge in [-0.05, 0) is 55.8 Å². The summed E-state index contributed by atoms with van der Waals surface area (Å²) in [7, 11) is 0. The van der Waals surface area contributed by atoms with Crippen LogP contribution in [0, 0.1) is 13.8 Å². The van der Waals surface area contributed by atoms with Gasteiger partial charge in [0.05, 0.1) is 16.1 Å². The molecule has 0 aliphatic heterocycles. The molecule has 31 heavy (non-hydrogen) atoms. The van der Waals surface area contributed by atoms with Crippen molar-refractivity contribution in [1.29, 1.82) is 0 Å². The number of hydrogen-bond acceptors (Lipinski definition) is 3. The van der Waals surface area contributed by atoms with Crippen LogP contribution < -0.4 is 10.1 Å². The summed E-state index contributed by atoms with van der Waals surface area (Å²) < 4.78 is 7.73. The zero-order valence-corrected chi connectivity index (χ0v) is 18.7. The molecule has 1 N–H and O–H groups in total. The van der Waals surface area contributed by atoms with Gasteiger partial charge in [0.2, 0.25) is 5.91 Å². The van der Waals surface area contributed by atoms with Crippen molar-refractivity contribution in [2.75, 3.05) is 5.32 Å². The van der Waals surface area contributed by atoms with Gasteiger partial charge in [0.1, 0.15) is 24.7 Å². The van der Waals surface area contributed by atoms with E-state index in [4.69, 9.17) is 27.9 Å². The highest BCUT2D eigenvalue weighted by atomic mass is 35.5. The number of anilines is 1. The number of ether oxygens (including phenoxy) is 1. The highest BCUT2D eigenvalue weighted by molar-refractivity contribution is 6.35. The Morgan fingerprint density at radius 1 is 1.06 bits per heavy atom. The second-order valence-corrected chi connectivity index (χ2v) is 8.18. The molecule has 0 fully saturated rings. The average molecular weight is 454 g/mol. The Balaban J connectivity index is 1.58. The minimum absolute atomic E-state index is 0.112. The lowest BCUT2D eigenvalue weighted by molar-refractivity contribution is -0.116. The van der Waals surface area contributed by atoms with Crippen molar-refractivity contribution in [1.82, 2.24) is 9.55 Å². The first-order chi connectivity index (χ1) is 14.9. The van der Waals surface area contributed by atoms with Crippen LogP contribution >= 0.6 is 23.2 Å². The number of rotatable bonds is 6. The van der Waals surface area contributed by atoms with Crippen LogP contribution in [0.4, 0.5) is 5.69 Å². The molecule has 0 spiro atoms. The van der Waals surface area contributed by atoms with Crippen LogP contribution in [0.15, 0.2) is 60.7 Å². The maximum atomic E-state index is 12.8. The van der Waals surface area contributed by atoms with E-state index in [0.29, 0.717) is 21.6 Å². The van der Waals surface area contributed by atoms with Crippen LogP contribution in [-0.4, -0.2) is 15.5 Å². The third kappa shape index (κ3) is 4.84. The molecule has 1 heterocycles. The molecule has 7 heteroatoms. The number of nitrogens with zero attached hydrogens (tertiary/aromatic N) is 2. The summed E-state index contributed by atoms with van der Waals surface area (Å²) in [5.41, 5.74) is 4.62. The van der Waals surface area contributed by atoms with Gasteiger partial charge >= 0.3 is 0 Å². The molecule has 0 radical (unpaired) electrons. The molecule has 158 valence electrons. The standard InChI is InChI=1S/C24H21Cl2N3O2/c1-15-7-9-19(16(2)11-15)28-24(30)13-29-21-6-4-3-5-20(21)27-23(29)14-31-22-10-8-17(25)12-18(22)26/h3-12H,13-14H2,1-2H3,(H,28,30). The van der Waals surface area contributed by atoms with E-state index in [1.807, 2.05) is 60.9 Å². The molecule has 1 amide bonds. The van der Waals surface area contributed by atoms with Gasteiger partial charge in [-0.1, -0.05) is 53.0 Å². The minimum atomic E-state index is -0.138. The Bertz CT molecular complexity index is 1270. The van der Waals surface area contributed by atoms with Gasteiger partial charge in [0.15, 0.2) is 0 Å². The summed E-state index contributed by atoms with van der Waals surface area (Å²) >= 11 is 12.2. The lowest BCUT2D eigenvalue weighted by Gasteiger charge is -2.13. The molecule has 5 nitrogen and oxygen atoms in total. The van der Waals surface area contributed by atoms with E-state index in [9.17, 15) is 4.79 Å². The van der Waals surface area contributed by atoms with E-state index in [1.54, 1.807) is 18.2 Å². The van der Waals surface area contributed by atoms with Crippen molar-refractivity contribution < 1.29 is 9.53 Å².